The first-order chi connectivity index (χ1) is 11.7. The lowest BCUT2D eigenvalue weighted by atomic mass is 10.1. The smallest absolute Gasteiger partial charge is 0.253 e. The van der Waals surface area contributed by atoms with E-state index < -0.39 is 0 Å². The van der Waals surface area contributed by atoms with Crippen LogP contribution in [0.3, 0.4) is 0 Å². The number of carbonyl (C=O) groups is 1. The number of rotatable bonds is 5. The summed E-state index contributed by atoms with van der Waals surface area (Å²) in [6.45, 7) is 4.34. The average Bonchev–Trinajstić information content (AvgIpc) is 2.63. The lowest BCUT2D eigenvalue weighted by Crippen LogP contribution is -3.14. The van der Waals surface area contributed by atoms with Gasteiger partial charge in [-0.25, -0.2) is 0 Å². The van der Waals surface area contributed by atoms with Crippen molar-refractivity contribution in [1.29, 1.82) is 0 Å². The highest BCUT2D eigenvalue weighted by molar-refractivity contribution is 9.10. The van der Waals surface area contributed by atoms with Crippen LogP contribution in [-0.4, -0.2) is 43.7 Å². The molecule has 1 saturated heterocycles. The molecule has 0 radical (unpaired) electrons. The highest BCUT2D eigenvalue weighted by atomic mass is 79.9. The summed E-state index contributed by atoms with van der Waals surface area (Å²) in [7, 11) is 0. The van der Waals surface area contributed by atoms with Gasteiger partial charge in [0.15, 0.2) is 0 Å². The second-order valence-electron chi connectivity index (χ2n) is 5.90. The topological polar surface area (TPSA) is 55.7 Å². The number of benzene rings is 1. The monoisotopic (exact) mass is 390 g/mol. The van der Waals surface area contributed by atoms with E-state index in [4.69, 9.17) is 4.74 Å². The van der Waals surface area contributed by atoms with Gasteiger partial charge < -0.3 is 15.0 Å². The molecule has 0 aliphatic carbocycles. The summed E-state index contributed by atoms with van der Waals surface area (Å²) in [6.07, 6.45) is 3.26. The van der Waals surface area contributed by atoms with E-state index in [1.54, 1.807) is 18.5 Å². The van der Waals surface area contributed by atoms with E-state index >= 15 is 0 Å². The molecule has 126 valence electrons. The largest absolute Gasteiger partial charge is 0.370 e. The van der Waals surface area contributed by atoms with Gasteiger partial charge in [0, 0.05) is 16.9 Å². The van der Waals surface area contributed by atoms with Crippen LogP contribution in [0.1, 0.15) is 22.0 Å². The van der Waals surface area contributed by atoms with Gasteiger partial charge in [0.2, 0.25) is 0 Å². The molecule has 1 aliphatic heterocycles. The number of morpholine rings is 1. The fraction of sp³-hybridized carbons (Fsp3) is 0.333. The first-order valence-corrected chi connectivity index (χ1v) is 8.89. The highest BCUT2D eigenvalue weighted by Crippen LogP contribution is 2.14. The van der Waals surface area contributed by atoms with Crippen molar-refractivity contribution in [3.8, 4) is 0 Å². The summed E-state index contributed by atoms with van der Waals surface area (Å²) >= 11 is 3.36. The first kappa shape index (κ1) is 17.1. The van der Waals surface area contributed by atoms with Crippen LogP contribution >= 0.6 is 15.9 Å². The molecule has 24 heavy (non-hydrogen) atoms. The summed E-state index contributed by atoms with van der Waals surface area (Å²) in [4.78, 5) is 18.1. The Morgan fingerprint density at radius 2 is 2.00 bits per heavy atom. The normalized spacial score (nSPS) is 16.5. The number of aromatic nitrogens is 1. The number of carbonyl (C=O) groups excluding carboxylic acids is 1. The van der Waals surface area contributed by atoms with Crippen LogP contribution in [0.4, 0.5) is 0 Å². The number of halogens is 1. The van der Waals surface area contributed by atoms with E-state index in [2.05, 4.69) is 38.4 Å². The van der Waals surface area contributed by atoms with Crippen LogP contribution in [0.5, 0.6) is 0 Å². The molecule has 6 heteroatoms. The minimum Gasteiger partial charge on any atom is -0.370 e. The number of pyridine rings is 1. The van der Waals surface area contributed by atoms with E-state index in [-0.39, 0.29) is 11.9 Å². The van der Waals surface area contributed by atoms with Gasteiger partial charge in [0.1, 0.15) is 25.7 Å². The zero-order valence-electron chi connectivity index (χ0n) is 13.4. The van der Waals surface area contributed by atoms with Gasteiger partial charge in [-0.15, -0.1) is 0 Å². The van der Waals surface area contributed by atoms with Crippen molar-refractivity contribution >= 4 is 21.8 Å². The molecule has 1 aromatic heterocycles. The van der Waals surface area contributed by atoms with Gasteiger partial charge in [-0.1, -0.05) is 30.3 Å². The number of quaternary nitrogens is 1. The highest BCUT2D eigenvalue weighted by Gasteiger charge is 2.23. The number of hydrogen-bond acceptors (Lipinski definition) is 3. The van der Waals surface area contributed by atoms with Crippen molar-refractivity contribution < 1.29 is 14.4 Å². The first-order valence-electron chi connectivity index (χ1n) is 8.10. The molecule has 2 N–H and O–H groups in total. The molecule has 5 nitrogen and oxygen atoms in total. The maximum Gasteiger partial charge on any atom is 0.253 e. The van der Waals surface area contributed by atoms with E-state index in [9.17, 15) is 4.79 Å². The summed E-state index contributed by atoms with van der Waals surface area (Å²) in [5.41, 5.74) is 1.68. The van der Waals surface area contributed by atoms with Crippen LogP contribution in [0.25, 0.3) is 0 Å². The lowest BCUT2D eigenvalue weighted by Gasteiger charge is -2.28. The van der Waals surface area contributed by atoms with Crippen LogP contribution in [0.15, 0.2) is 53.3 Å². The zero-order chi connectivity index (χ0) is 16.8. The fourth-order valence-electron chi connectivity index (χ4n) is 2.87. The number of ether oxygens (including phenoxy) is 1. The molecule has 0 unspecified atom stereocenters. The van der Waals surface area contributed by atoms with Crippen molar-refractivity contribution in [3.05, 3.63) is 64.4 Å². The number of nitrogens with zero attached hydrogens (tertiary/aromatic N) is 1. The quantitative estimate of drug-likeness (QED) is 0.807. The Balaban J connectivity index is 1.75. The molecule has 2 aromatic rings. The second kappa shape index (κ2) is 8.37. The molecule has 1 aromatic carbocycles. The second-order valence-corrected chi connectivity index (χ2v) is 6.81. The van der Waals surface area contributed by atoms with Crippen molar-refractivity contribution in [2.75, 3.05) is 32.8 Å². The Labute approximate surface area is 150 Å². The summed E-state index contributed by atoms with van der Waals surface area (Å²) < 4.78 is 6.23. The van der Waals surface area contributed by atoms with E-state index in [1.807, 2.05) is 18.2 Å². The summed E-state index contributed by atoms with van der Waals surface area (Å²) in [5.74, 6) is -0.106. The maximum atomic E-state index is 12.6. The number of hydrogen-bond donors (Lipinski definition) is 2. The predicted octanol–water partition coefficient (Wildman–Crippen LogP) is 1.23. The van der Waals surface area contributed by atoms with Crippen molar-refractivity contribution in [3.63, 3.8) is 0 Å². The maximum absolute atomic E-state index is 12.6. The SMILES string of the molecule is O=C(N[C@@H](C[NH+]1CCOCC1)c1ccccc1)c1cncc(Br)c1. The third-order valence-corrected chi connectivity index (χ3v) is 4.60. The molecular weight excluding hydrogens is 370 g/mol. The average molecular weight is 391 g/mol. The van der Waals surface area contributed by atoms with Crippen LogP contribution in [0, 0.1) is 0 Å². The predicted molar refractivity (Wildman–Crippen MR) is 95.0 cm³/mol. The molecular formula is C18H21BrN3O2+. The van der Waals surface area contributed by atoms with Crippen LogP contribution in [-0.2, 0) is 4.74 Å². The van der Waals surface area contributed by atoms with Gasteiger partial charge in [0.25, 0.3) is 5.91 Å². The Morgan fingerprint density at radius 1 is 1.25 bits per heavy atom. The lowest BCUT2D eigenvalue weighted by molar-refractivity contribution is -0.909. The fourth-order valence-corrected chi connectivity index (χ4v) is 3.23. The molecule has 1 fully saturated rings. The van der Waals surface area contributed by atoms with Crippen LogP contribution in [0.2, 0.25) is 0 Å². The molecule has 1 atom stereocenters. The van der Waals surface area contributed by atoms with Gasteiger partial charge in [-0.2, -0.15) is 0 Å². The van der Waals surface area contributed by atoms with Gasteiger partial charge in [-0.05, 0) is 27.6 Å². The third kappa shape index (κ3) is 4.63. The molecule has 2 heterocycles. The molecule has 0 spiro atoms. The summed E-state index contributed by atoms with van der Waals surface area (Å²) in [5, 5.41) is 3.16. The Bertz CT molecular complexity index is 675. The minimum absolute atomic E-state index is 0.0363. The number of nitrogens with one attached hydrogen (secondary N) is 2. The Kier molecular flexibility index (Phi) is 5.96. The van der Waals surface area contributed by atoms with Gasteiger partial charge in [-0.3, -0.25) is 9.78 Å². The molecule has 3 rings (SSSR count). The van der Waals surface area contributed by atoms with Gasteiger partial charge >= 0.3 is 0 Å². The number of amides is 1. The van der Waals surface area contributed by atoms with Crippen molar-refractivity contribution in [2.45, 2.75) is 6.04 Å². The minimum atomic E-state index is -0.106. The molecule has 0 bridgehead atoms. The molecule has 1 amide bonds. The van der Waals surface area contributed by atoms with E-state index in [1.165, 1.54) is 4.90 Å². The molecule has 1 aliphatic rings. The van der Waals surface area contributed by atoms with Gasteiger partial charge in [0.05, 0.1) is 18.8 Å². The Hall–Kier alpha value is -1.76. The van der Waals surface area contributed by atoms with Crippen molar-refractivity contribution in [1.82, 2.24) is 10.3 Å². The molecule has 0 saturated carbocycles. The third-order valence-electron chi connectivity index (χ3n) is 4.17. The van der Waals surface area contributed by atoms with Crippen LogP contribution < -0.4 is 10.2 Å². The standard InChI is InChI=1S/C18H20BrN3O2/c19-16-10-15(11-20-12-16)18(23)21-17(14-4-2-1-3-5-14)13-22-6-8-24-9-7-22/h1-5,10-12,17H,6-9,13H2,(H,21,23)/p+1/t17-/m0/s1. The summed E-state index contributed by atoms with van der Waals surface area (Å²) in [6, 6.07) is 11.9. The van der Waals surface area contributed by atoms with E-state index in [0.717, 1.165) is 42.9 Å². The zero-order valence-corrected chi connectivity index (χ0v) is 15.0. The Morgan fingerprint density at radius 3 is 2.71 bits per heavy atom. The van der Waals surface area contributed by atoms with E-state index in [0.29, 0.717) is 5.56 Å². The van der Waals surface area contributed by atoms with Crippen molar-refractivity contribution in [2.24, 2.45) is 0 Å².